The maximum atomic E-state index is 13.7. The van der Waals surface area contributed by atoms with Gasteiger partial charge in [0.1, 0.15) is 12.1 Å². The Morgan fingerprint density at radius 1 is 1.23 bits per heavy atom. The number of β-amino-alcohol motifs (C(OH)–C–C–N with tert-alkyl or cyclic N) is 1. The topological polar surface area (TPSA) is 110 Å². The molecule has 3 heterocycles. The molecular weight excluding hydrogens is 467 g/mol. The first-order chi connectivity index (χ1) is 16.3. The Labute approximate surface area is 202 Å². The van der Waals surface area contributed by atoms with Crippen LogP contribution >= 0.6 is 0 Å². The van der Waals surface area contributed by atoms with Gasteiger partial charge in [-0.3, -0.25) is 9.59 Å². The van der Waals surface area contributed by atoms with E-state index in [0.717, 1.165) is 18.5 Å². The smallest absolute Gasteiger partial charge is 0.391 e. The number of hydrogen-bond acceptors (Lipinski definition) is 6. The highest BCUT2D eigenvalue weighted by Crippen LogP contribution is 2.40. The first kappa shape index (κ1) is 25.9. The van der Waals surface area contributed by atoms with E-state index in [2.05, 4.69) is 15.6 Å². The molecule has 0 spiro atoms. The van der Waals surface area contributed by atoms with E-state index in [1.807, 2.05) is 20.8 Å². The number of rotatable bonds is 7. The number of aliphatic hydroxyl groups is 1. The number of likely N-dealkylation sites (tertiary alicyclic amines) is 1. The van der Waals surface area contributed by atoms with Crippen LogP contribution in [0.25, 0.3) is 0 Å². The number of alkyl halides is 3. The molecule has 1 aromatic heterocycles. The number of aromatic nitrogens is 3. The summed E-state index contributed by atoms with van der Waals surface area (Å²) in [5.41, 5.74) is 0.319. The lowest BCUT2D eigenvalue weighted by atomic mass is 9.85. The fraction of sp³-hybridized carbons (Fsp3) is 0.826. The molecule has 4 rings (SSSR count). The van der Waals surface area contributed by atoms with Gasteiger partial charge in [0, 0.05) is 31.6 Å². The fourth-order valence-corrected chi connectivity index (χ4v) is 4.96. The second-order valence-electron chi connectivity index (χ2n) is 11.0. The zero-order valence-corrected chi connectivity index (χ0v) is 20.3. The van der Waals surface area contributed by atoms with Gasteiger partial charge in [-0.2, -0.15) is 13.2 Å². The van der Waals surface area contributed by atoms with E-state index in [9.17, 15) is 27.9 Å². The van der Waals surface area contributed by atoms with Crippen LogP contribution in [0.2, 0.25) is 0 Å². The van der Waals surface area contributed by atoms with Gasteiger partial charge in [-0.05, 0) is 37.5 Å². The summed E-state index contributed by atoms with van der Waals surface area (Å²) in [7, 11) is 0. The van der Waals surface area contributed by atoms with Crippen molar-refractivity contribution in [3.05, 3.63) is 11.9 Å². The molecule has 1 aromatic rings. The number of nitrogens with zero attached hydrogens (tertiary/aromatic N) is 4. The second kappa shape index (κ2) is 9.68. The molecular formula is C23H34F3N5O4. The highest BCUT2D eigenvalue weighted by atomic mass is 19.4. The second-order valence-corrected chi connectivity index (χ2v) is 11.0. The minimum atomic E-state index is -4.38. The van der Waals surface area contributed by atoms with Crippen LogP contribution in [0.1, 0.15) is 76.9 Å². The summed E-state index contributed by atoms with van der Waals surface area (Å²) in [5, 5.41) is 21.4. The summed E-state index contributed by atoms with van der Waals surface area (Å²) in [6, 6.07) is -1.59. The average molecular weight is 502 g/mol. The summed E-state index contributed by atoms with van der Waals surface area (Å²) in [5.74, 6) is -0.388. The third-order valence-corrected chi connectivity index (χ3v) is 6.95. The van der Waals surface area contributed by atoms with Crippen LogP contribution in [-0.2, 0) is 14.3 Å². The van der Waals surface area contributed by atoms with E-state index in [0.29, 0.717) is 5.92 Å². The van der Waals surface area contributed by atoms with Crippen LogP contribution in [0.15, 0.2) is 6.20 Å². The molecule has 1 saturated carbocycles. The van der Waals surface area contributed by atoms with E-state index in [-0.39, 0.29) is 44.7 Å². The highest BCUT2D eigenvalue weighted by molar-refractivity contribution is 5.90. The number of carbonyl (C=O) groups excluding carboxylic acids is 2. The quantitative estimate of drug-likeness (QED) is 0.594. The largest absolute Gasteiger partial charge is 0.414 e. The molecule has 1 aliphatic carbocycles. The van der Waals surface area contributed by atoms with Crippen LogP contribution in [0.4, 0.5) is 13.2 Å². The van der Waals surface area contributed by atoms with E-state index in [1.54, 1.807) is 10.9 Å². The van der Waals surface area contributed by atoms with Crippen LogP contribution < -0.4 is 5.32 Å². The van der Waals surface area contributed by atoms with Crippen molar-refractivity contribution in [1.29, 1.82) is 0 Å². The maximum Gasteiger partial charge on any atom is 0.414 e. The van der Waals surface area contributed by atoms with Crippen LogP contribution in [0.5, 0.6) is 0 Å². The molecule has 0 radical (unpaired) electrons. The minimum Gasteiger partial charge on any atom is -0.391 e. The fourth-order valence-electron chi connectivity index (χ4n) is 4.96. The van der Waals surface area contributed by atoms with E-state index in [1.165, 1.54) is 4.90 Å². The highest BCUT2D eigenvalue weighted by Gasteiger charge is 2.47. The minimum absolute atomic E-state index is 0.0205. The molecule has 2 aliphatic heterocycles. The summed E-state index contributed by atoms with van der Waals surface area (Å²) >= 11 is 0. The Kier molecular flexibility index (Phi) is 7.16. The number of nitrogens with one attached hydrogen (secondary N) is 1. The maximum absolute atomic E-state index is 13.7. The van der Waals surface area contributed by atoms with Crippen molar-refractivity contribution in [2.24, 2.45) is 5.41 Å². The summed E-state index contributed by atoms with van der Waals surface area (Å²) in [6.07, 6.45) is -3.14. The molecule has 2 N–H and O–H groups in total. The first-order valence-electron chi connectivity index (χ1n) is 12.2. The van der Waals surface area contributed by atoms with Crippen molar-refractivity contribution in [2.75, 3.05) is 13.1 Å². The number of carbonyl (C=O) groups is 2. The van der Waals surface area contributed by atoms with Gasteiger partial charge in [-0.25, -0.2) is 4.68 Å². The van der Waals surface area contributed by atoms with Crippen molar-refractivity contribution in [1.82, 2.24) is 25.2 Å². The average Bonchev–Trinajstić information content (AvgIpc) is 3.12. The van der Waals surface area contributed by atoms with Gasteiger partial charge in [0.2, 0.25) is 11.8 Å². The van der Waals surface area contributed by atoms with Gasteiger partial charge in [-0.1, -0.05) is 26.0 Å². The van der Waals surface area contributed by atoms with Crippen LogP contribution in [-0.4, -0.2) is 80.4 Å². The lowest BCUT2D eigenvalue weighted by Gasteiger charge is -2.34. The van der Waals surface area contributed by atoms with Gasteiger partial charge in [0.25, 0.3) is 0 Å². The number of aliphatic hydroxyl groups excluding tert-OH is 1. The van der Waals surface area contributed by atoms with Crippen LogP contribution in [0.3, 0.4) is 0 Å². The predicted molar refractivity (Wildman–Crippen MR) is 118 cm³/mol. The number of halogens is 3. The SMILES string of the molecule is CC(C)(C)[C@H](C(=O)N1CC(O)CC1C(=O)NCCC1CCC(C(F)(F)F)O1)n1cc(C2CC2)nn1. The zero-order chi connectivity index (χ0) is 25.5. The molecule has 3 fully saturated rings. The molecule has 0 aromatic carbocycles. The van der Waals surface area contributed by atoms with Gasteiger partial charge >= 0.3 is 6.18 Å². The van der Waals surface area contributed by atoms with Crippen molar-refractivity contribution >= 4 is 11.8 Å². The molecule has 196 valence electrons. The molecule has 3 aliphatic rings. The third-order valence-electron chi connectivity index (χ3n) is 6.95. The lowest BCUT2D eigenvalue weighted by Crippen LogP contribution is -2.50. The lowest BCUT2D eigenvalue weighted by molar-refractivity contribution is -0.215. The Hall–Kier alpha value is -2.21. The normalized spacial score (nSPS) is 28.4. The Balaban J connectivity index is 1.38. The molecule has 2 saturated heterocycles. The van der Waals surface area contributed by atoms with Gasteiger partial charge in [0.15, 0.2) is 6.10 Å². The van der Waals surface area contributed by atoms with Crippen molar-refractivity contribution < 1.29 is 32.6 Å². The Morgan fingerprint density at radius 3 is 2.54 bits per heavy atom. The standard InChI is InChI=1S/C23H34F3N5O4/c1-22(2,3)19(31-12-16(28-29-31)13-4-5-13)21(34)30-11-14(32)10-17(30)20(33)27-9-8-15-6-7-18(35-15)23(24,25)26/h12-15,17-19,32H,4-11H2,1-3H3,(H,27,33)/t14?,15?,17?,18?,19-/m0/s1. The summed E-state index contributed by atoms with van der Waals surface area (Å²) in [6.45, 7) is 5.87. The van der Waals surface area contributed by atoms with E-state index in [4.69, 9.17) is 4.74 Å². The molecule has 35 heavy (non-hydrogen) atoms. The van der Waals surface area contributed by atoms with Gasteiger partial charge < -0.3 is 20.1 Å². The van der Waals surface area contributed by atoms with E-state index >= 15 is 0 Å². The van der Waals surface area contributed by atoms with Gasteiger partial charge in [0.05, 0.1) is 17.9 Å². The zero-order valence-electron chi connectivity index (χ0n) is 20.3. The molecule has 2 amide bonds. The van der Waals surface area contributed by atoms with Crippen molar-refractivity contribution in [2.45, 2.75) is 102 Å². The number of hydrogen-bond donors (Lipinski definition) is 2. The van der Waals surface area contributed by atoms with Gasteiger partial charge in [-0.15, -0.1) is 5.10 Å². The molecule has 0 bridgehead atoms. The number of amides is 2. The van der Waals surface area contributed by atoms with Crippen LogP contribution in [0, 0.1) is 5.41 Å². The van der Waals surface area contributed by atoms with Crippen molar-refractivity contribution in [3.8, 4) is 0 Å². The predicted octanol–water partition coefficient (Wildman–Crippen LogP) is 2.32. The summed E-state index contributed by atoms with van der Waals surface area (Å²) < 4.78 is 45.0. The molecule has 4 unspecified atom stereocenters. The van der Waals surface area contributed by atoms with Crippen molar-refractivity contribution in [3.63, 3.8) is 0 Å². The monoisotopic (exact) mass is 501 g/mol. The molecule has 9 nitrogen and oxygen atoms in total. The first-order valence-corrected chi connectivity index (χ1v) is 12.2. The Morgan fingerprint density at radius 2 is 1.94 bits per heavy atom. The molecule has 5 atom stereocenters. The van der Waals surface area contributed by atoms with E-state index < -0.39 is 47.9 Å². The molecule has 12 heteroatoms. The third kappa shape index (κ3) is 5.96. The summed E-state index contributed by atoms with van der Waals surface area (Å²) in [4.78, 5) is 28.0. The Bertz CT molecular complexity index is 927. The number of ether oxygens (including phenoxy) is 1.